The van der Waals surface area contributed by atoms with Gasteiger partial charge in [0.05, 0.1) is 5.69 Å². The van der Waals surface area contributed by atoms with E-state index in [1.165, 1.54) is 16.8 Å². The van der Waals surface area contributed by atoms with E-state index < -0.39 is 5.97 Å². The van der Waals surface area contributed by atoms with Crippen LogP contribution >= 0.6 is 0 Å². The summed E-state index contributed by atoms with van der Waals surface area (Å²) in [6, 6.07) is 11.7. The molecule has 0 aliphatic heterocycles. The first-order valence-corrected chi connectivity index (χ1v) is 6.61. The number of rotatable bonds is 3. The Morgan fingerprint density at radius 3 is 2.64 bits per heavy atom. The molecule has 0 aliphatic carbocycles. The number of phenolic OH excluding ortho intramolecular Hbond substituents is 1. The Hall–Kier alpha value is -3.15. The topological polar surface area (TPSA) is 88.2 Å². The van der Waals surface area contributed by atoms with Gasteiger partial charge in [-0.1, -0.05) is 12.1 Å². The van der Waals surface area contributed by atoms with Crippen molar-refractivity contribution in [2.24, 2.45) is 0 Å². The average molecular weight is 295 g/mol. The van der Waals surface area contributed by atoms with Crippen LogP contribution in [0.5, 0.6) is 5.75 Å². The Morgan fingerprint density at radius 1 is 1.14 bits per heavy atom. The third-order valence-electron chi connectivity index (χ3n) is 3.21. The Bertz CT molecular complexity index is 841. The van der Waals surface area contributed by atoms with Gasteiger partial charge in [0.1, 0.15) is 17.1 Å². The minimum atomic E-state index is -1.13. The number of benzene rings is 1. The van der Waals surface area contributed by atoms with E-state index in [0.717, 1.165) is 5.56 Å². The number of aromatic carboxylic acids is 1. The van der Waals surface area contributed by atoms with Crippen LogP contribution in [0.3, 0.4) is 0 Å². The third kappa shape index (κ3) is 2.42. The number of aromatic hydroxyl groups is 1. The molecule has 0 spiro atoms. The molecule has 1 aromatic carbocycles. The van der Waals surface area contributed by atoms with Crippen molar-refractivity contribution in [3.8, 4) is 22.8 Å². The number of carboxylic acid groups (broad SMARTS) is 1. The van der Waals surface area contributed by atoms with Gasteiger partial charge >= 0.3 is 5.97 Å². The first kappa shape index (κ1) is 13.8. The summed E-state index contributed by atoms with van der Waals surface area (Å²) in [7, 11) is 0. The fraction of sp³-hybridized carbons (Fsp3) is 0.0625. The van der Waals surface area contributed by atoms with Crippen molar-refractivity contribution in [3.05, 3.63) is 59.9 Å². The van der Waals surface area contributed by atoms with Gasteiger partial charge in [-0.25, -0.2) is 9.48 Å². The van der Waals surface area contributed by atoms with Gasteiger partial charge in [0.25, 0.3) is 0 Å². The van der Waals surface area contributed by atoms with Crippen LogP contribution in [0.15, 0.2) is 48.7 Å². The number of aromatic nitrogens is 3. The largest absolute Gasteiger partial charge is 0.506 e. The van der Waals surface area contributed by atoms with Crippen molar-refractivity contribution in [2.45, 2.75) is 6.92 Å². The van der Waals surface area contributed by atoms with Crippen LogP contribution in [-0.4, -0.2) is 30.9 Å². The summed E-state index contributed by atoms with van der Waals surface area (Å²) >= 11 is 0. The zero-order valence-electron chi connectivity index (χ0n) is 11.8. The van der Waals surface area contributed by atoms with Gasteiger partial charge in [-0.3, -0.25) is 4.98 Å². The number of phenols is 1. The first-order valence-electron chi connectivity index (χ1n) is 6.61. The van der Waals surface area contributed by atoms with Crippen LogP contribution in [0, 0.1) is 6.92 Å². The lowest BCUT2D eigenvalue weighted by atomic mass is 10.2. The van der Waals surface area contributed by atoms with Gasteiger partial charge in [0.2, 0.25) is 0 Å². The third-order valence-corrected chi connectivity index (χ3v) is 3.21. The minimum absolute atomic E-state index is 0.0382. The number of carbonyl (C=O) groups is 1. The maximum Gasteiger partial charge on any atom is 0.354 e. The van der Waals surface area contributed by atoms with E-state index in [0.29, 0.717) is 17.1 Å². The average Bonchev–Trinajstić information content (AvgIpc) is 2.96. The second-order valence-electron chi connectivity index (χ2n) is 4.84. The van der Waals surface area contributed by atoms with E-state index in [9.17, 15) is 15.0 Å². The number of hydrogen-bond donors (Lipinski definition) is 2. The van der Waals surface area contributed by atoms with Crippen LogP contribution in [-0.2, 0) is 0 Å². The summed E-state index contributed by atoms with van der Waals surface area (Å²) in [5.74, 6) is -1.17. The zero-order chi connectivity index (χ0) is 15.7. The highest BCUT2D eigenvalue weighted by atomic mass is 16.4. The van der Waals surface area contributed by atoms with E-state index in [2.05, 4.69) is 10.1 Å². The molecule has 3 aromatic rings. The Kier molecular flexibility index (Phi) is 3.34. The fourth-order valence-corrected chi connectivity index (χ4v) is 2.16. The summed E-state index contributed by atoms with van der Waals surface area (Å²) < 4.78 is 1.22. The lowest BCUT2D eigenvalue weighted by molar-refractivity contribution is 0.0687. The van der Waals surface area contributed by atoms with Crippen LogP contribution in [0.2, 0.25) is 0 Å². The molecular weight excluding hydrogens is 282 g/mol. The summed E-state index contributed by atoms with van der Waals surface area (Å²) in [6.07, 6.45) is 1.61. The van der Waals surface area contributed by atoms with Gasteiger partial charge in [-0.15, -0.1) is 0 Å². The molecule has 6 nitrogen and oxygen atoms in total. The Labute approximate surface area is 126 Å². The van der Waals surface area contributed by atoms with Crippen molar-refractivity contribution < 1.29 is 15.0 Å². The van der Waals surface area contributed by atoms with E-state index in [-0.39, 0.29) is 11.4 Å². The van der Waals surface area contributed by atoms with Gasteiger partial charge in [0, 0.05) is 12.3 Å². The highest BCUT2D eigenvalue weighted by molar-refractivity contribution is 5.88. The van der Waals surface area contributed by atoms with Gasteiger partial charge in [-0.05, 0) is 36.8 Å². The SMILES string of the molecule is Cc1ccc(O)c(-n2nc(-c3ccccn3)cc2C(=O)O)c1. The van der Waals surface area contributed by atoms with E-state index in [1.807, 2.05) is 6.92 Å². The van der Waals surface area contributed by atoms with Gasteiger partial charge in [-0.2, -0.15) is 5.10 Å². The van der Waals surface area contributed by atoms with Crippen LogP contribution in [0.25, 0.3) is 17.1 Å². The van der Waals surface area contributed by atoms with Crippen molar-refractivity contribution >= 4 is 5.97 Å². The molecule has 0 aliphatic rings. The number of nitrogens with zero attached hydrogens (tertiary/aromatic N) is 3. The molecule has 22 heavy (non-hydrogen) atoms. The number of pyridine rings is 1. The Balaban J connectivity index is 2.21. The monoisotopic (exact) mass is 295 g/mol. The molecule has 2 aromatic heterocycles. The van der Waals surface area contributed by atoms with Gasteiger partial charge in [0.15, 0.2) is 5.69 Å². The van der Waals surface area contributed by atoms with Crippen LogP contribution in [0.1, 0.15) is 16.1 Å². The lowest BCUT2D eigenvalue weighted by Crippen LogP contribution is -2.08. The fourth-order valence-electron chi connectivity index (χ4n) is 2.16. The quantitative estimate of drug-likeness (QED) is 0.775. The van der Waals surface area contributed by atoms with Crippen LogP contribution < -0.4 is 0 Å². The molecule has 0 radical (unpaired) electrons. The lowest BCUT2D eigenvalue weighted by Gasteiger charge is -2.07. The molecule has 6 heteroatoms. The maximum absolute atomic E-state index is 11.5. The molecule has 2 N–H and O–H groups in total. The van der Waals surface area contributed by atoms with E-state index in [1.54, 1.807) is 36.5 Å². The van der Waals surface area contributed by atoms with Crippen molar-refractivity contribution in [3.63, 3.8) is 0 Å². The minimum Gasteiger partial charge on any atom is -0.506 e. The molecule has 0 saturated carbocycles. The summed E-state index contributed by atoms with van der Waals surface area (Å²) in [6.45, 7) is 1.85. The standard InChI is InChI=1S/C16H13N3O3/c1-10-5-6-15(20)13(8-10)19-14(16(21)22)9-12(18-19)11-4-2-3-7-17-11/h2-9,20H,1H3,(H,21,22). The second-order valence-corrected chi connectivity index (χ2v) is 4.84. The van der Waals surface area contributed by atoms with Crippen molar-refractivity contribution in [1.29, 1.82) is 0 Å². The van der Waals surface area contributed by atoms with Crippen molar-refractivity contribution in [2.75, 3.05) is 0 Å². The smallest absolute Gasteiger partial charge is 0.354 e. The molecule has 0 amide bonds. The number of hydrogen-bond acceptors (Lipinski definition) is 4. The molecule has 3 rings (SSSR count). The summed E-state index contributed by atoms with van der Waals surface area (Å²) in [5.41, 5.74) is 2.16. The molecule has 0 atom stereocenters. The molecule has 2 heterocycles. The maximum atomic E-state index is 11.5. The molecule has 0 bridgehead atoms. The summed E-state index contributed by atoms with van der Waals surface area (Å²) in [5, 5.41) is 23.7. The number of carboxylic acids is 1. The molecular formula is C16H13N3O3. The van der Waals surface area contributed by atoms with Gasteiger partial charge < -0.3 is 10.2 Å². The predicted molar refractivity (Wildman–Crippen MR) is 80.2 cm³/mol. The molecule has 0 unspecified atom stereocenters. The molecule has 0 saturated heterocycles. The van der Waals surface area contributed by atoms with E-state index in [4.69, 9.17) is 0 Å². The molecule has 110 valence electrons. The van der Waals surface area contributed by atoms with E-state index >= 15 is 0 Å². The van der Waals surface area contributed by atoms with Crippen molar-refractivity contribution in [1.82, 2.24) is 14.8 Å². The normalized spacial score (nSPS) is 10.6. The zero-order valence-corrected chi connectivity index (χ0v) is 11.8. The second kappa shape index (κ2) is 5.33. The summed E-state index contributed by atoms with van der Waals surface area (Å²) in [4.78, 5) is 15.6. The first-order chi connectivity index (χ1) is 10.6. The highest BCUT2D eigenvalue weighted by Crippen LogP contribution is 2.26. The number of aryl methyl sites for hydroxylation is 1. The highest BCUT2D eigenvalue weighted by Gasteiger charge is 2.19. The predicted octanol–water partition coefficient (Wildman–Crippen LogP) is 2.65. The molecule has 0 fully saturated rings. The Morgan fingerprint density at radius 2 is 1.95 bits per heavy atom. The van der Waals surface area contributed by atoms with Crippen LogP contribution in [0.4, 0.5) is 0 Å².